The van der Waals surface area contributed by atoms with Gasteiger partial charge in [0.25, 0.3) is 0 Å². The van der Waals surface area contributed by atoms with Gasteiger partial charge in [0.1, 0.15) is 0 Å². The van der Waals surface area contributed by atoms with Gasteiger partial charge in [0.2, 0.25) is 0 Å². The Morgan fingerprint density at radius 1 is 1.71 bits per heavy atom. The lowest BCUT2D eigenvalue weighted by Gasteiger charge is -2.31. The molecule has 0 N–H and O–H groups in total. The van der Waals surface area contributed by atoms with Crippen LogP contribution in [-0.4, -0.2) is 37.1 Å². The monoisotopic (exact) mass is 197 g/mol. The van der Waals surface area contributed by atoms with Gasteiger partial charge >= 0.3 is 5.97 Å². The summed E-state index contributed by atoms with van der Waals surface area (Å²) in [5, 5.41) is 0. The van der Waals surface area contributed by atoms with E-state index in [1.807, 2.05) is 6.92 Å². The molecule has 0 spiro atoms. The number of hydrogen-bond acceptors (Lipinski definition) is 3. The second kappa shape index (κ2) is 5.15. The van der Waals surface area contributed by atoms with E-state index in [-0.39, 0.29) is 5.97 Å². The van der Waals surface area contributed by atoms with Crippen LogP contribution in [0.4, 0.5) is 0 Å². The van der Waals surface area contributed by atoms with Crippen LogP contribution >= 0.6 is 0 Å². The van der Waals surface area contributed by atoms with Crippen LogP contribution in [0.3, 0.4) is 0 Å². The molecule has 0 amide bonds. The van der Waals surface area contributed by atoms with Crippen molar-refractivity contribution in [1.82, 2.24) is 4.90 Å². The fourth-order valence-electron chi connectivity index (χ4n) is 1.66. The third-order valence-electron chi connectivity index (χ3n) is 2.70. The second-order valence-corrected chi connectivity index (χ2v) is 3.84. The van der Waals surface area contributed by atoms with Gasteiger partial charge in [-0.25, -0.2) is 4.79 Å². The number of carbonyl (C=O) groups excluding carboxylic acids is 1. The Morgan fingerprint density at radius 2 is 2.43 bits per heavy atom. The van der Waals surface area contributed by atoms with E-state index < -0.39 is 0 Å². The zero-order chi connectivity index (χ0) is 10.6. The van der Waals surface area contributed by atoms with E-state index in [2.05, 4.69) is 18.9 Å². The van der Waals surface area contributed by atoms with Crippen LogP contribution in [0.5, 0.6) is 0 Å². The lowest BCUT2D eigenvalue weighted by Crippen LogP contribution is -2.34. The Balaban J connectivity index is 2.49. The van der Waals surface area contributed by atoms with E-state index in [1.54, 1.807) is 6.08 Å². The average molecular weight is 197 g/mol. The van der Waals surface area contributed by atoms with Gasteiger partial charge < -0.3 is 9.64 Å². The van der Waals surface area contributed by atoms with Crippen molar-refractivity contribution in [1.29, 1.82) is 0 Å². The standard InChI is InChI=1S/C11H19NO2/c1-4-14-11(13)8-10-5-6-12(3)9(2)7-10/h8-9H,4-7H2,1-3H3. The SMILES string of the molecule is CCOC(=O)C=C1CCN(C)C(C)C1. The van der Waals surface area contributed by atoms with Crippen molar-refractivity contribution in [2.75, 3.05) is 20.2 Å². The Labute approximate surface area is 85.7 Å². The highest BCUT2D eigenvalue weighted by Crippen LogP contribution is 2.20. The third kappa shape index (κ3) is 3.14. The van der Waals surface area contributed by atoms with Crippen LogP contribution in [-0.2, 0) is 9.53 Å². The maximum atomic E-state index is 11.2. The van der Waals surface area contributed by atoms with Gasteiger partial charge in [0.15, 0.2) is 0 Å². The smallest absolute Gasteiger partial charge is 0.330 e. The number of rotatable bonds is 2. The summed E-state index contributed by atoms with van der Waals surface area (Å²) >= 11 is 0. The van der Waals surface area contributed by atoms with Crippen molar-refractivity contribution >= 4 is 5.97 Å². The molecule has 1 aliphatic heterocycles. The van der Waals surface area contributed by atoms with E-state index >= 15 is 0 Å². The zero-order valence-electron chi connectivity index (χ0n) is 9.25. The van der Waals surface area contributed by atoms with Crippen LogP contribution < -0.4 is 0 Å². The molecule has 1 aliphatic rings. The lowest BCUT2D eigenvalue weighted by atomic mass is 9.98. The van der Waals surface area contributed by atoms with E-state index in [1.165, 1.54) is 5.57 Å². The van der Waals surface area contributed by atoms with Crippen molar-refractivity contribution in [3.63, 3.8) is 0 Å². The van der Waals surface area contributed by atoms with Crippen molar-refractivity contribution in [3.05, 3.63) is 11.6 Å². The molecule has 0 aliphatic carbocycles. The number of hydrogen-bond donors (Lipinski definition) is 0. The molecule has 1 saturated heterocycles. The van der Waals surface area contributed by atoms with E-state index in [4.69, 9.17) is 4.74 Å². The Kier molecular flexibility index (Phi) is 4.14. The first-order valence-electron chi connectivity index (χ1n) is 5.20. The van der Waals surface area contributed by atoms with Gasteiger partial charge in [-0.05, 0) is 33.7 Å². The molecule has 0 aromatic carbocycles. The minimum absolute atomic E-state index is 0.195. The summed E-state index contributed by atoms with van der Waals surface area (Å²) in [5.41, 5.74) is 1.22. The normalized spacial score (nSPS) is 26.5. The molecule has 1 fully saturated rings. The van der Waals surface area contributed by atoms with Gasteiger partial charge in [-0.15, -0.1) is 0 Å². The minimum Gasteiger partial charge on any atom is -0.463 e. The van der Waals surface area contributed by atoms with Crippen molar-refractivity contribution in [2.24, 2.45) is 0 Å². The van der Waals surface area contributed by atoms with Crippen LogP contribution in [0.2, 0.25) is 0 Å². The van der Waals surface area contributed by atoms with Gasteiger partial charge in [0.05, 0.1) is 6.61 Å². The van der Waals surface area contributed by atoms with Crippen LogP contribution in [0.1, 0.15) is 26.7 Å². The number of carbonyl (C=O) groups is 1. The Hall–Kier alpha value is -0.830. The molecule has 0 radical (unpaired) electrons. The van der Waals surface area contributed by atoms with Crippen molar-refractivity contribution in [3.8, 4) is 0 Å². The molecular formula is C11H19NO2. The number of likely N-dealkylation sites (tertiary alicyclic amines) is 1. The first-order valence-corrected chi connectivity index (χ1v) is 5.20. The summed E-state index contributed by atoms with van der Waals surface area (Å²) in [6.07, 6.45) is 3.63. The van der Waals surface area contributed by atoms with Crippen LogP contribution in [0.25, 0.3) is 0 Å². The molecule has 80 valence electrons. The highest BCUT2D eigenvalue weighted by Gasteiger charge is 2.18. The van der Waals surface area contributed by atoms with E-state index in [0.29, 0.717) is 12.6 Å². The van der Waals surface area contributed by atoms with Gasteiger partial charge in [-0.3, -0.25) is 0 Å². The van der Waals surface area contributed by atoms with E-state index in [0.717, 1.165) is 19.4 Å². The number of ether oxygens (including phenoxy) is 1. The van der Waals surface area contributed by atoms with Crippen molar-refractivity contribution in [2.45, 2.75) is 32.7 Å². The number of esters is 1. The average Bonchev–Trinajstić information content (AvgIpc) is 2.12. The lowest BCUT2D eigenvalue weighted by molar-refractivity contribution is -0.137. The predicted octanol–water partition coefficient (Wildman–Crippen LogP) is 1.59. The molecular weight excluding hydrogens is 178 g/mol. The topological polar surface area (TPSA) is 29.5 Å². The maximum absolute atomic E-state index is 11.2. The minimum atomic E-state index is -0.195. The summed E-state index contributed by atoms with van der Waals surface area (Å²) in [6, 6.07) is 0.532. The fourth-order valence-corrected chi connectivity index (χ4v) is 1.66. The van der Waals surface area contributed by atoms with Crippen molar-refractivity contribution < 1.29 is 9.53 Å². The molecule has 3 nitrogen and oxygen atoms in total. The van der Waals surface area contributed by atoms with E-state index in [9.17, 15) is 4.79 Å². The molecule has 1 atom stereocenters. The van der Waals surface area contributed by atoms with Gasteiger partial charge in [0, 0.05) is 18.7 Å². The Morgan fingerprint density at radius 3 is 3.00 bits per heavy atom. The summed E-state index contributed by atoms with van der Waals surface area (Å²) in [4.78, 5) is 13.5. The first kappa shape index (κ1) is 11.2. The molecule has 1 heterocycles. The largest absolute Gasteiger partial charge is 0.463 e. The Bertz CT molecular complexity index is 235. The van der Waals surface area contributed by atoms with Crippen LogP contribution in [0.15, 0.2) is 11.6 Å². The van der Waals surface area contributed by atoms with Gasteiger partial charge in [-0.2, -0.15) is 0 Å². The molecule has 1 unspecified atom stereocenters. The summed E-state index contributed by atoms with van der Waals surface area (Å²) in [7, 11) is 2.12. The molecule has 14 heavy (non-hydrogen) atoms. The quantitative estimate of drug-likeness (QED) is 0.497. The maximum Gasteiger partial charge on any atom is 0.330 e. The predicted molar refractivity (Wildman–Crippen MR) is 56.0 cm³/mol. The second-order valence-electron chi connectivity index (χ2n) is 3.84. The highest BCUT2D eigenvalue weighted by atomic mass is 16.5. The molecule has 0 saturated carbocycles. The third-order valence-corrected chi connectivity index (χ3v) is 2.70. The number of piperidine rings is 1. The highest BCUT2D eigenvalue weighted by molar-refractivity contribution is 5.82. The molecule has 0 bridgehead atoms. The summed E-state index contributed by atoms with van der Waals surface area (Å²) < 4.78 is 4.88. The summed E-state index contributed by atoms with van der Waals surface area (Å²) in [6.45, 7) is 5.50. The van der Waals surface area contributed by atoms with Crippen LogP contribution in [0, 0.1) is 0 Å². The summed E-state index contributed by atoms with van der Waals surface area (Å²) in [5.74, 6) is -0.195. The molecule has 3 heteroatoms. The number of nitrogens with zero attached hydrogens (tertiary/aromatic N) is 1. The molecule has 0 aromatic rings. The first-order chi connectivity index (χ1) is 6.63. The molecule has 1 rings (SSSR count). The fraction of sp³-hybridized carbons (Fsp3) is 0.727. The zero-order valence-corrected chi connectivity index (χ0v) is 9.25. The van der Waals surface area contributed by atoms with Gasteiger partial charge in [-0.1, -0.05) is 5.57 Å². The molecule has 0 aromatic heterocycles.